The van der Waals surface area contributed by atoms with Gasteiger partial charge in [0.1, 0.15) is 0 Å². The van der Waals surface area contributed by atoms with E-state index >= 15 is 0 Å². The van der Waals surface area contributed by atoms with Crippen molar-refractivity contribution >= 4 is 10.8 Å². The van der Waals surface area contributed by atoms with Gasteiger partial charge in [0, 0.05) is 28.3 Å². The Labute approximate surface area is 96.7 Å². The van der Waals surface area contributed by atoms with Crippen molar-refractivity contribution in [3.05, 3.63) is 0 Å². The molecule has 1 fully saturated rings. The van der Waals surface area contributed by atoms with E-state index in [9.17, 15) is 4.21 Å². The lowest BCUT2D eigenvalue weighted by Gasteiger charge is -2.22. The van der Waals surface area contributed by atoms with E-state index < -0.39 is 10.8 Å². The molecule has 0 aromatic heterocycles. The summed E-state index contributed by atoms with van der Waals surface area (Å²) in [6.45, 7) is 5.71. The first-order chi connectivity index (χ1) is 7.18. The molecule has 0 spiro atoms. The second-order valence-corrected chi connectivity index (χ2v) is 6.66. The summed E-state index contributed by atoms with van der Waals surface area (Å²) in [6, 6.07) is 0.641. The van der Waals surface area contributed by atoms with Crippen LogP contribution < -0.4 is 5.32 Å². The van der Waals surface area contributed by atoms with Gasteiger partial charge in [-0.05, 0) is 31.7 Å². The third-order valence-electron chi connectivity index (χ3n) is 3.03. The molecular weight excluding hydrogens is 206 g/mol. The Morgan fingerprint density at radius 3 is 2.53 bits per heavy atom. The van der Waals surface area contributed by atoms with Crippen LogP contribution in [0.4, 0.5) is 0 Å². The van der Waals surface area contributed by atoms with E-state index in [2.05, 4.69) is 19.2 Å². The van der Waals surface area contributed by atoms with Gasteiger partial charge >= 0.3 is 0 Å². The van der Waals surface area contributed by atoms with Crippen LogP contribution in [0.25, 0.3) is 0 Å². The maximum Gasteiger partial charge on any atom is 0.0249 e. The quantitative estimate of drug-likeness (QED) is 0.711. The first-order valence-electron chi connectivity index (χ1n) is 6.27. The fraction of sp³-hybridized carbons (Fsp3) is 1.00. The topological polar surface area (TPSA) is 29.1 Å². The van der Waals surface area contributed by atoms with E-state index in [4.69, 9.17) is 0 Å². The molecule has 0 radical (unpaired) electrons. The molecular formula is C12H25NOS. The minimum Gasteiger partial charge on any atom is -0.314 e. The molecule has 0 atom stereocenters. The van der Waals surface area contributed by atoms with Crippen LogP contribution in [0.2, 0.25) is 0 Å². The molecule has 1 N–H and O–H groups in total. The summed E-state index contributed by atoms with van der Waals surface area (Å²) < 4.78 is 11.1. The largest absolute Gasteiger partial charge is 0.314 e. The fourth-order valence-corrected chi connectivity index (χ4v) is 3.28. The van der Waals surface area contributed by atoms with E-state index in [1.165, 1.54) is 19.3 Å². The lowest BCUT2D eigenvalue weighted by molar-refractivity contribution is 0.452. The van der Waals surface area contributed by atoms with Crippen LogP contribution in [0.3, 0.4) is 0 Å². The van der Waals surface area contributed by atoms with Crippen molar-refractivity contribution < 1.29 is 4.21 Å². The second kappa shape index (κ2) is 7.39. The number of hydrogen-bond acceptors (Lipinski definition) is 2. The maximum atomic E-state index is 11.1. The molecule has 0 amide bonds. The standard InChI is InChI=1S/C12H25NOS/c1-11(2)5-3-4-8-13-12-6-9-15(14)10-7-12/h11-13H,3-10H2,1-2H3. The van der Waals surface area contributed by atoms with Crippen LogP contribution in [0.15, 0.2) is 0 Å². The lowest BCUT2D eigenvalue weighted by atomic mass is 10.1. The molecule has 15 heavy (non-hydrogen) atoms. The van der Waals surface area contributed by atoms with Crippen molar-refractivity contribution in [2.45, 2.75) is 52.0 Å². The number of unbranched alkanes of at least 4 members (excludes halogenated alkanes) is 1. The van der Waals surface area contributed by atoms with Gasteiger partial charge in [0.25, 0.3) is 0 Å². The Hall–Kier alpha value is 0.110. The van der Waals surface area contributed by atoms with Crippen molar-refractivity contribution in [2.75, 3.05) is 18.1 Å². The zero-order chi connectivity index (χ0) is 11.1. The third-order valence-corrected chi connectivity index (χ3v) is 4.41. The highest BCUT2D eigenvalue weighted by molar-refractivity contribution is 7.85. The Balaban J connectivity index is 1.94. The van der Waals surface area contributed by atoms with Crippen molar-refractivity contribution in [1.82, 2.24) is 5.32 Å². The maximum absolute atomic E-state index is 11.1. The summed E-state index contributed by atoms with van der Waals surface area (Å²) in [5.41, 5.74) is 0. The molecule has 1 rings (SSSR count). The SMILES string of the molecule is CC(C)CCCCNC1CCS(=O)CC1. The first kappa shape index (κ1) is 13.2. The van der Waals surface area contributed by atoms with E-state index in [1.807, 2.05) is 0 Å². The average Bonchev–Trinajstić information content (AvgIpc) is 2.20. The predicted molar refractivity (Wildman–Crippen MR) is 67.6 cm³/mol. The summed E-state index contributed by atoms with van der Waals surface area (Å²) in [4.78, 5) is 0. The number of rotatable bonds is 6. The van der Waals surface area contributed by atoms with Gasteiger partial charge in [-0.3, -0.25) is 4.21 Å². The Bertz CT molecular complexity index is 184. The van der Waals surface area contributed by atoms with Crippen LogP contribution in [0, 0.1) is 5.92 Å². The predicted octanol–water partition coefficient (Wildman–Crippen LogP) is 2.31. The number of hydrogen-bond donors (Lipinski definition) is 1. The normalized spacial score (nSPS) is 27.1. The molecule has 1 aliphatic rings. The monoisotopic (exact) mass is 231 g/mol. The van der Waals surface area contributed by atoms with E-state index in [0.29, 0.717) is 6.04 Å². The highest BCUT2D eigenvalue weighted by atomic mass is 32.2. The Morgan fingerprint density at radius 2 is 1.93 bits per heavy atom. The zero-order valence-electron chi connectivity index (χ0n) is 10.1. The molecule has 1 saturated heterocycles. The van der Waals surface area contributed by atoms with Gasteiger partial charge in [-0.2, -0.15) is 0 Å². The molecule has 0 aliphatic carbocycles. The smallest absolute Gasteiger partial charge is 0.0249 e. The minimum atomic E-state index is -0.516. The first-order valence-corrected chi connectivity index (χ1v) is 7.75. The molecule has 1 aliphatic heterocycles. The van der Waals surface area contributed by atoms with Gasteiger partial charge < -0.3 is 5.32 Å². The van der Waals surface area contributed by atoms with Crippen LogP contribution >= 0.6 is 0 Å². The van der Waals surface area contributed by atoms with Gasteiger partial charge in [0.2, 0.25) is 0 Å². The van der Waals surface area contributed by atoms with Crippen LogP contribution in [0.5, 0.6) is 0 Å². The van der Waals surface area contributed by atoms with Crippen LogP contribution in [0.1, 0.15) is 46.0 Å². The van der Waals surface area contributed by atoms with Crippen molar-refractivity contribution in [2.24, 2.45) is 5.92 Å². The molecule has 0 aromatic carbocycles. The molecule has 90 valence electrons. The fourth-order valence-electron chi connectivity index (χ4n) is 1.98. The summed E-state index contributed by atoms with van der Waals surface area (Å²) >= 11 is 0. The van der Waals surface area contributed by atoms with Crippen molar-refractivity contribution in [3.63, 3.8) is 0 Å². The summed E-state index contributed by atoms with van der Waals surface area (Å²) in [6.07, 6.45) is 6.19. The van der Waals surface area contributed by atoms with Crippen LogP contribution in [-0.4, -0.2) is 28.3 Å². The van der Waals surface area contributed by atoms with Gasteiger partial charge in [-0.25, -0.2) is 0 Å². The van der Waals surface area contributed by atoms with Crippen LogP contribution in [-0.2, 0) is 10.8 Å². The minimum absolute atomic E-state index is 0.516. The molecule has 0 aromatic rings. The van der Waals surface area contributed by atoms with Gasteiger partial charge in [0.05, 0.1) is 0 Å². The molecule has 0 bridgehead atoms. The van der Waals surface area contributed by atoms with Gasteiger partial charge in [-0.1, -0.05) is 26.7 Å². The molecule has 3 heteroatoms. The number of nitrogens with one attached hydrogen (secondary N) is 1. The zero-order valence-corrected chi connectivity index (χ0v) is 10.9. The Morgan fingerprint density at radius 1 is 1.27 bits per heavy atom. The van der Waals surface area contributed by atoms with Gasteiger partial charge in [0.15, 0.2) is 0 Å². The third kappa shape index (κ3) is 6.31. The lowest BCUT2D eigenvalue weighted by Crippen LogP contribution is -2.36. The van der Waals surface area contributed by atoms with E-state index in [1.54, 1.807) is 0 Å². The summed E-state index contributed by atoms with van der Waals surface area (Å²) in [7, 11) is -0.516. The van der Waals surface area contributed by atoms with E-state index in [0.717, 1.165) is 36.8 Å². The summed E-state index contributed by atoms with van der Waals surface area (Å²) in [5.74, 6) is 2.65. The Kier molecular flexibility index (Phi) is 6.50. The molecule has 1 heterocycles. The molecule has 0 saturated carbocycles. The van der Waals surface area contributed by atoms with Gasteiger partial charge in [-0.15, -0.1) is 0 Å². The second-order valence-electron chi connectivity index (χ2n) is 4.97. The van der Waals surface area contributed by atoms with Crippen molar-refractivity contribution in [3.8, 4) is 0 Å². The molecule has 0 unspecified atom stereocenters. The average molecular weight is 231 g/mol. The highest BCUT2D eigenvalue weighted by Crippen LogP contribution is 2.10. The van der Waals surface area contributed by atoms with E-state index in [-0.39, 0.29) is 0 Å². The summed E-state index contributed by atoms with van der Waals surface area (Å²) in [5, 5.41) is 3.58. The van der Waals surface area contributed by atoms with Crippen molar-refractivity contribution in [1.29, 1.82) is 0 Å². The highest BCUT2D eigenvalue weighted by Gasteiger charge is 2.16. The molecule has 2 nitrogen and oxygen atoms in total.